The van der Waals surface area contributed by atoms with E-state index >= 15 is 0 Å². The SMILES string of the molecule is OC[C@H](O)CNCc1ccc(Cl)cc1. The molecule has 0 fully saturated rings. The summed E-state index contributed by atoms with van der Waals surface area (Å²) in [4.78, 5) is 0. The van der Waals surface area contributed by atoms with Crippen molar-refractivity contribution in [2.75, 3.05) is 13.2 Å². The molecule has 0 heterocycles. The smallest absolute Gasteiger partial charge is 0.0895 e. The summed E-state index contributed by atoms with van der Waals surface area (Å²) < 4.78 is 0. The monoisotopic (exact) mass is 215 g/mol. The standard InChI is InChI=1S/C10H14ClNO2/c11-9-3-1-8(2-4-9)5-12-6-10(14)7-13/h1-4,10,12-14H,5-7H2/t10-/m1/s1. The van der Waals surface area contributed by atoms with Crippen molar-refractivity contribution in [3.05, 3.63) is 34.9 Å². The van der Waals surface area contributed by atoms with Crippen molar-refractivity contribution in [1.29, 1.82) is 0 Å². The summed E-state index contributed by atoms with van der Waals surface area (Å²) in [6.07, 6.45) is -0.692. The Balaban J connectivity index is 2.28. The van der Waals surface area contributed by atoms with Crippen LogP contribution in [0.15, 0.2) is 24.3 Å². The molecule has 0 unspecified atom stereocenters. The molecule has 0 saturated heterocycles. The van der Waals surface area contributed by atoms with Gasteiger partial charge in [-0.2, -0.15) is 0 Å². The Hall–Kier alpha value is -0.610. The number of aliphatic hydroxyl groups excluding tert-OH is 2. The van der Waals surface area contributed by atoms with Crippen LogP contribution in [0.4, 0.5) is 0 Å². The fourth-order valence-corrected chi connectivity index (χ4v) is 1.18. The van der Waals surface area contributed by atoms with Crippen LogP contribution in [0.5, 0.6) is 0 Å². The van der Waals surface area contributed by atoms with Gasteiger partial charge in [-0.15, -0.1) is 0 Å². The summed E-state index contributed by atoms with van der Waals surface area (Å²) in [5.41, 5.74) is 1.10. The average molecular weight is 216 g/mol. The molecule has 3 nitrogen and oxygen atoms in total. The molecule has 0 saturated carbocycles. The molecule has 0 amide bonds. The van der Waals surface area contributed by atoms with Crippen molar-refractivity contribution >= 4 is 11.6 Å². The Morgan fingerprint density at radius 1 is 1.29 bits per heavy atom. The molecule has 0 aliphatic heterocycles. The summed E-state index contributed by atoms with van der Waals surface area (Å²) >= 11 is 5.73. The van der Waals surface area contributed by atoms with Gasteiger partial charge in [0.2, 0.25) is 0 Å². The summed E-state index contributed by atoms with van der Waals surface area (Å²) in [7, 11) is 0. The molecule has 0 bridgehead atoms. The van der Waals surface area contributed by atoms with Crippen LogP contribution in [-0.2, 0) is 6.54 Å². The first-order valence-corrected chi connectivity index (χ1v) is 4.84. The molecule has 4 heteroatoms. The van der Waals surface area contributed by atoms with Crippen LogP contribution in [0.25, 0.3) is 0 Å². The van der Waals surface area contributed by atoms with Crippen molar-refractivity contribution in [3.63, 3.8) is 0 Å². The number of hydrogen-bond acceptors (Lipinski definition) is 3. The molecular weight excluding hydrogens is 202 g/mol. The second-order valence-electron chi connectivity index (χ2n) is 3.09. The predicted molar refractivity (Wildman–Crippen MR) is 56.3 cm³/mol. The third-order valence-corrected chi connectivity index (χ3v) is 2.09. The van der Waals surface area contributed by atoms with Crippen LogP contribution in [-0.4, -0.2) is 29.5 Å². The molecule has 0 aromatic heterocycles. The lowest BCUT2D eigenvalue weighted by atomic mass is 10.2. The van der Waals surface area contributed by atoms with Gasteiger partial charge in [0.05, 0.1) is 12.7 Å². The molecule has 0 radical (unpaired) electrons. The average Bonchev–Trinajstić information content (AvgIpc) is 2.21. The fourth-order valence-electron chi connectivity index (χ4n) is 1.05. The van der Waals surface area contributed by atoms with Crippen LogP contribution >= 0.6 is 11.6 Å². The molecule has 0 spiro atoms. The minimum absolute atomic E-state index is 0.215. The zero-order chi connectivity index (χ0) is 10.4. The summed E-state index contributed by atoms with van der Waals surface area (Å²) in [6.45, 7) is 0.834. The van der Waals surface area contributed by atoms with E-state index in [1.54, 1.807) is 0 Å². The maximum atomic E-state index is 9.05. The van der Waals surface area contributed by atoms with Crippen LogP contribution in [0.2, 0.25) is 5.02 Å². The lowest BCUT2D eigenvalue weighted by Crippen LogP contribution is -2.28. The van der Waals surface area contributed by atoms with Crippen molar-refractivity contribution in [1.82, 2.24) is 5.32 Å². The fraction of sp³-hybridized carbons (Fsp3) is 0.400. The number of nitrogens with one attached hydrogen (secondary N) is 1. The van der Waals surface area contributed by atoms with Crippen LogP contribution in [0.3, 0.4) is 0 Å². The van der Waals surface area contributed by atoms with E-state index in [1.165, 1.54) is 0 Å². The lowest BCUT2D eigenvalue weighted by molar-refractivity contribution is 0.0942. The van der Waals surface area contributed by atoms with E-state index in [1.807, 2.05) is 24.3 Å². The van der Waals surface area contributed by atoms with Crippen molar-refractivity contribution in [2.45, 2.75) is 12.6 Å². The number of rotatable bonds is 5. The second-order valence-corrected chi connectivity index (χ2v) is 3.53. The topological polar surface area (TPSA) is 52.5 Å². The van der Waals surface area contributed by atoms with Gasteiger partial charge in [0, 0.05) is 18.1 Å². The summed E-state index contributed by atoms with van der Waals surface area (Å²) in [5.74, 6) is 0. The van der Waals surface area contributed by atoms with E-state index in [0.29, 0.717) is 18.1 Å². The quantitative estimate of drug-likeness (QED) is 0.681. The van der Waals surface area contributed by atoms with E-state index < -0.39 is 6.10 Å². The molecule has 0 aliphatic carbocycles. The molecule has 78 valence electrons. The first-order chi connectivity index (χ1) is 6.72. The Morgan fingerprint density at radius 2 is 1.93 bits per heavy atom. The Bertz CT molecular complexity index is 263. The van der Waals surface area contributed by atoms with Crippen LogP contribution in [0, 0.1) is 0 Å². The Labute approximate surface area is 88.3 Å². The van der Waals surface area contributed by atoms with E-state index in [0.717, 1.165) is 5.56 Å². The molecule has 14 heavy (non-hydrogen) atoms. The highest BCUT2D eigenvalue weighted by atomic mass is 35.5. The van der Waals surface area contributed by atoms with Gasteiger partial charge in [0.25, 0.3) is 0 Å². The normalized spacial score (nSPS) is 12.8. The number of hydrogen-bond donors (Lipinski definition) is 3. The van der Waals surface area contributed by atoms with Crippen molar-refractivity contribution in [3.8, 4) is 0 Å². The Morgan fingerprint density at radius 3 is 2.50 bits per heavy atom. The third kappa shape index (κ3) is 4.07. The Kier molecular flexibility index (Phi) is 4.90. The van der Waals surface area contributed by atoms with Gasteiger partial charge < -0.3 is 15.5 Å². The number of halogens is 1. The van der Waals surface area contributed by atoms with E-state index in [4.69, 9.17) is 21.8 Å². The number of aliphatic hydroxyl groups is 2. The predicted octanol–water partition coefficient (Wildman–Crippen LogP) is 0.783. The maximum absolute atomic E-state index is 9.05. The molecule has 1 aromatic rings. The zero-order valence-electron chi connectivity index (χ0n) is 7.78. The maximum Gasteiger partial charge on any atom is 0.0895 e. The van der Waals surface area contributed by atoms with Gasteiger partial charge in [0.1, 0.15) is 0 Å². The molecule has 0 aliphatic rings. The number of benzene rings is 1. The molecule has 3 N–H and O–H groups in total. The van der Waals surface area contributed by atoms with Gasteiger partial charge in [-0.25, -0.2) is 0 Å². The van der Waals surface area contributed by atoms with Crippen molar-refractivity contribution in [2.24, 2.45) is 0 Å². The summed E-state index contributed by atoms with van der Waals surface area (Å²) in [5, 5.41) is 21.3. The largest absolute Gasteiger partial charge is 0.394 e. The van der Waals surface area contributed by atoms with Crippen LogP contribution in [0.1, 0.15) is 5.56 Å². The molecule has 1 rings (SSSR count). The van der Waals surface area contributed by atoms with Crippen molar-refractivity contribution < 1.29 is 10.2 Å². The van der Waals surface area contributed by atoms with E-state index in [9.17, 15) is 0 Å². The highest BCUT2D eigenvalue weighted by Crippen LogP contribution is 2.08. The minimum atomic E-state index is -0.692. The highest BCUT2D eigenvalue weighted by molar-refractivity contribution is 6.30. The van der Waals surface area contributed by atoms with Gasteiger partial charge in [-0.1, -0.05) is 23.7 Å². The van der Waals surface area contributed by atoms with E-state index in [-0.39, 0.29) is 6.61 Å². The van der Waals surface area contributed by atoms with Gasteiger partial charge in [-0.3, -0.25) is 0 Å². The third-order valence-electron chi connectivity index (χ3n) is 1.83. The second kappa shape index (κ2) is 5.98. The first kappa shape index (κ1) is 11.5. The lowest BCUT2D eigenvalue weighted by Gasteiger charge is -2.08. The first-order valence-electron chi connectivity index (χ1n) is 4.46. The van der Waals surface area contributed by atoms with Crippen LogP contribution < -0.4 is 5.32 Å². The summed E-state index contributed by atoms with van der Waals surface area (Å²) in [6, 6.07) is 7.48. The molecular formula is C10H14ClNO2. The minimum Gasteiger partial charge on any atom is -0.394 e. The molecule has 1 aromatic carbocycles. The van der Waals surface area contributed by atoms with Gasteiger partial charge >= 0.3 is 0 Å². The van der Waals surface area contributed by atoms with E-state index in [2.05, 4.69) is 5.32 Å². The zero-order valence-corrected chi connectivity index (χ0v) is 8.54. The van der Waals surface area contributed by atoms with Gasteiger partial charge in [0.15, 0.2) is 0 Å². The highest BCUT2D eigenvalue weighted by Gasteiger charge is 2.00. The van der Waals surface area contributed by atoms with Gasteiger partial charge in [-0.05, 0) is 17.7 Å². The molecule has 1 atom stereocenters.